The van der Waals surface area contributed by atoms with E-state index in [1.165, 1.54) is 19.3 Å². The van der Waals surface area contributed by atoms with Crippen LogP contribution in [0.25, 0.3) is 0 Å². The summed E-state index contributed by atoms with van der Waals surface area (Å²) in [7, 11) is 1.25. The van der Waals surface area contributed by atoms with Crippen LogP contribution >= 0.6 is 0 Å². The molecule has 0 unspecified atom stereocenters. The van der Waals surface area contributed by atoms with Gasteiger partial charge in [0.15, 0.2) is 0 Å². The molecule has 0 radical (unpaired) electrons. The monoisotopic (exact) mass is 159 g/mol. The maximum absolute atomic E-state index is 10.4. The molecule has 0 fully saturated rings. The van der Waals surface area contributed by atoms with E-state index in [0.717, 1.165) is 0 Å². The number of rotatable bonds is 4. The number of ether oxygens (including phenoxy) is 1. The first kappa shape index (κ1) is 9.61. The first-order valence-electron chi connectivity index (χ1n) is 3.03. The molecule has 0 rings (SSSR count). The molecule has 5 nitrogen and oxygen atoms in total. The van der Waals surface area contributed by atoms with Crippen molar-refractivity contribution in [1.29, 1.82) is 0 Å². The highest BCUT2D eigenvalue weighted by Crippen LogP contribution is 1.85. The lowest BCUT2D eigenvalue weighted by Gasteiger charge is -1.88. The number of hydrogen-bond donors (Lipinski definition) is 0. The van der Waals surface area contributed by atoms with Crippen molar-refractivity contribution in [3.8, 4) is 0 Å². The minimum absolute atomic E-state index is 0.159. The highest BCUT2D eigenvalue weighted by Gasteiger charge is 1.93. The van der Waals surface area contributed by atoms with E-state index in [1.807, 2.05) is 0 Å². The zero-order valence-corrected chi connectivity index (χ0v) is 6.15. The number of nitro groups is 1. The van der Waals surface area contributed by atoms with E-state index in [4.69, 9.17) is 0 Å². The Hall–Kier alpha value is -1.39. The second kappa shape index (κ2) is 5.40. The van der Waals surface area contributed by atoms with E-state index in [2.05, 4.69) is 4.74 Å². The third-order valence-electron chi connectivity index (χ3n) is 0.933. The molecule has 0 aliphatic rings. The van der Waals surface area contributed by atoms with Crippen LogP contribution in [0.3, 0.4) is 0 Å². The van der Waals surface area contributed by atoms with Gasteiger partial charge in [-0.3, -0.25) is 10.1 Å². The fraction of sp³-hybridized carbons (Fsp3) is 0.500. The van der Waals surface area contributed by atoms with Gasteiger partial charge in [-0.25, -0.2) is 4.79 Å². The molecular weight excluding hydrogens is 150 g/mol. The number of esters is 1. The molecule has 0 aromatic rings. The normalized spacial score (nSPS) is 9.91. The lowest BCUT2D eigenvalue weighted by atomic mass is 10.4. The van der Waals surface area contributed by atoms with Crippen molar-refractivity contribution in [3.63, 3.8) is 0 Å². The molecule has 0 bridgehead atoms. The lowest BCUT2D eigenvalue weighted by molar-refractivity contribution is -0.478. The summed E-state index contributed by atoms with van der Waals surface area (Å²) in [6.07, 6.45) is 2.83. The van der Waals surface area contributed by atoms with Gasteiger partial charge in [0.05, 0.1) is 7.11 Å². The molecule has 0 aromatic heterocycles. The average molecular weight is 159 g/mol. The van der Waals surface area contributed by atoms with Crippen molar-refractivity contribution in [2.45, 2.75) is 6.42 Å². The predicted octanol–water partition coefficient (Wildman–Crippen LogP) is 0.382. The van der Waals surface area contributed by atoms with Gasteiger partial charge >= 0.3 is 5.97 Å². The molecular formula is C6H9NO4. The maximum Gasteiger partial charge on any atom is 0.330 e. The molecule has 5 heteroatoms. The molecule has 0 aliphatic heterocycles. The largest absolute Gasteiger partial charge is 0.466 e. The summed E-state index contributed by atoms with van der Waals surface area (Å²) in [4.78, 5) is 19.7. The molecule has 0 saturated carbocycles. The molecule has 0 aromatic carbocycles. The van der Waals surface area contributed by atoms with Crippen molar-refractivity contribution < 1.29 is 14.5 Å². The summed E-state index contributed by atoms with van der Waals surface area (Å²) < 4.78 is 4.26. The highest BCUT2D eigenvalue weighted by molar-refractivity contribution is 5.81. The summed E-state index contributed by atoms with van der Waals surface area (Å²) in [5.74, 6) is -0.492. The van der Waals surface area contributed by atoms with Gasteiger partial charge < -0.3 is 4.74 Å². The van der Waals surface area contributed by atoms with Crippen LogP contribution in [-0.2, 0) is 9.53 Å². The van der Waals surface area contributed by atoms with Crippen LogP contribution in [0.4, 0.5) is 0 Å². The van der Waals surface area contributed by atoms with E-state index in [9.17, 15) is 14.9 Å². The standard InChI is InChI=1S/C6H9NO4/c1-11-6(8)4-2-3-5-7(9)10/h2,4H,3,5H2,1H3. The Balaban J connectivity index is 3.45. The van der Waals surface area contributed by atoms with E-state index in [-0.39, 0.29) is 13.0 Å². The van der Waals surface area contributed by atoms with Crippen LogP contribution < -0.4 is 0 Å². The van der Waals surface area contributed by atoms with Gasteiger partial charge in [0.1, 0.15) is 0 Å². The smallest absolute Gasteiger partial charge is 0.330 e. The first-order chi connectivity index (χ1) is 5.16. The number of hydrogen-bond acceptors (Lipinski definition) is 4. The Kier molecular flexibility index (Phi) is 4.72. The van der Waals surface area contributed by atoms with Crippen molar-refractivity contribution in [1.82, 2.24) is 0 Å². The number of methoxy groups -OCH3 is 1. The number of nitrogens with zero attached hydrogens (tertiary/aromatic N) is 1. The molecule has 0 atom stereocenters. The Morgan fingerprint density at radius 2 is 2.36 bits per heavy atom. The predicted molar refractivity (Wildman–Crippen MR) is 37.6 cm³/mol. The van der Waals surface area contributed by atoms with Crippen LogP contribution in [0.1, 0.15) is 6.42 Å². The van der Waals surface area contributed by atoms with E-state index >= 15 is 0 Å². The SMILES string of the molecule is COC(=O)C=CCC[N+](=O)[O-]. The summed E-state index contributed by atoms with van der Waals surface area (Å²) in [5.41, 5.74) is 0. The second-order valence-electron chi connectivity index (χ2n) is 1.77. The van der Waals surface area contributed by atoms with Crippen molar-refractivity contribution in [2.75, 3.05) is 13.7 Å². The van der Waals surface area contributed by atoms with Crippen LogP contribution in [0, 0.1) is 10.1 Å². The van der Waals surface area contributed by atoms with E-state index in [0.29, 0.717) is 0 Å². The highest BCUT2D eigenvalue weighted by atomic mass is 16.6. The van der Waals surface area contributed by atoms with Crippen molar-refractivity contribution in [2.24, 2.45) is 0 Å². The molecule has 0 spiro atoms. The zero-order chi connectivity index (χ0) is 8.69. The fourth-order valence-corrected chi connectivity index (χ4v) is 0.428. The Bertz CT molecular complexity index is 175. The van der Waals surface area contributed by atoms with Crippen LogP contribution in [-0.4, -0.2) is 24.5 Å². The van der Waals surface area contributed by atoms with Gasteiger partial charge in [-0.05, 0) is 0 Å². The van der Waals surface area contributed by atoms with Gasteiger partial charge in [-0.1, -0.05) is 6.08 Å². The quantitative estimate of drug-likeness (QED) is 0.257. The molecule has 0 aliphatic carbocycles. The topological polar surface area (TPSA) is 69.4 Å². The Morgan fingerprint density at radius 3 is 2.82 bits per heavy atom. The molecule has 0 N–H and O–H groups in total. The van der Waals surface area contributed by atoms with Gasteiger partial charge in [0.25, 0.3) is 0 Å². The van der Waals surface area contributed by atoms with E-state index in [1.54, 1.807) is 0 Å². The molecule has 0 saturated heterocycles. The Morgan fingerprint density at radius 1 is 1.73 bits per heavy atom. The van der Waals surface area contributed by atoms with Crippen LogP contribution in [0.2, 0.25) is 0 Å². The molecule has 62 valence electrons. The Labute approximate surface area is 63.8 Å². The molecule has 11 heavy (non-hydrogen) atoms. The second-order valence-corrected chi connectivity index (χ2v) is 1.77. The maximum atomic E-state index is 10.4. The number of carbonyl (C=O) groups is 1. The van der Waals surface area contributed by atoms with Crippen molar-refractivity contribution >= 4 is 5.97 Å². The van der Waals surface area contributed by atoms with Crippen molar-refractivity contribution in [3.05, 3.63) is 22.3 Å². The average Bonchev–Trinajstić information content (AvgIpc) is 1.97. The summed E-state index contributed by atoms with van der Waals surface area (Å²) >= 11 is 0. The first-order valence-corrected chi connectivity index (χ1v) is 3.03. The van der Waals surface area contributed by atoms with Gasteiger partial charge in [0.2, 0.25) is 6.54 Å². The minimum atomic E-state index is -0.492. The van der Waals surface area contributed by atoms with Gasteiger partial charge in [-0.15, -0.1) is 0 Å². The third-order valence-corrected chi connectivity index (χ3v) is 0.933. The summed E-state index contributed by atoms with van der Waals surface area (Å²) in [6, 6.07) is 0. The van der Waals surface area contributed by atoms with Gasteiger partial charge in [0, 0.05) is 17.4 Å². The fourth-order valence-electron chi connectivity index (χ4n) is 0.428. The lowest BCUT2D eigenvalue weighted by Crippen LogP contribution is -1.99. The minimum Gasteiger partial charge on any atom is -0.466 e. The third kappa shape index (κ3) is 6.50. The number of carbonyl (C=O) groups excluding carboxylic acids is 1. The van der Waals surface area contributed by atoms with Crippen LogP contribution in [0.5, 0.6) is 0 Å². The summed E-state index contributed by atoms with van der Waals surface area (Å²) in [5, 5.41) is 9.77. The zero-order valence-electron chi connectivity index (χ0n) is 6.15. The molecule has 0 amide bonds. The van der Waals surface area contributed by atoms with E-state index < -0.39 is 10.9 Å². The van der Waals surface area contributed by atoms with Crippen LogP contribution in [0.15, 0.2) is 12.2 Å². The van der Waals surface area contributed by atoms with Gasteiger partial charge in [-0.2, -0.15) is 0 Å². The molecule has 0 heterocycles. The summed E-state index contributed by atoms with van der Waals surface area (Å²) in [6.45, 7) is -0.159.